The summed E-state index contributed by atoms with van der Waals surface area (Å²) in [6.45, 7) is 4.70. The lowest BCUT2D eigenvalue weighted by atomic mass is 9.98. The molecule has 1 unspecified atom stereocenters. The van der Waals surface area contributed by atoms with E-state index >= 15 is 0 Å². The van der Waals surface area contributed by atoms with Gasteiger partial charge in [0.05, 0.1) is 5.60 Å². The Bertz CT molecular complexity index is 401. The Balaban J connectivity index is 1.68. The van der Waals surface area contributed by atoms with E-state index in [1.807, 2.05) is 11.6 Å². The molecule has 1 aliphatic carbocycles. The van der Waals surface area contributed by atoms with Crippen molar-refractivity contribution in [3.05, 3.63) is 12.2 Å². The first-order valence-corrected chi connectivity index (χ1v) is 6.53. The van der Waals surface area contributed by atoms with Crippen LogP contribution in [0.2, 0.25) is 0 Å². The molecule has 0 bridgehead atoms. The van der Waals surface area contributed by atoms with Crippen LogP contribution in [0.25, 0.3) is 0 Å². The average molecular weight is 236 g/mol. The van der Waals surface area contributed by atoms with Gasteiger partial charge in [0.15, 0.2) is 0 Å². The number of nitrogens with zero attached hydrogens (tertiary/aromatic N) is 4. The van der Waals surface area contributed by atoms with Gasteiger partial charge in [-0.05, 0) is 26.2 Å². The Labute approximate surface area is 101 Å². The van der Waals surface area contributed by atoms with Gasteiger partial charge in [-0.25, -0.2) is 4.98 Å². The zero-order valence-electron chi connectivity index (χ0n) is 10.3. The lowest BCUT2D eigenvalue weighted by Crippen LogP contribution is -2.37. The molecule has 3 rings (SSSR count). The molecule has 2 heterocycles. The first-order valence-electron chi connectivity index (χ1n) is 6.53. The zero-order valence-corrected chi connectivity index (χ0v) is 10.3. The molecule has 0 amide bonds. The summed E-state index contributed by atoms with van der Waals surface area (Å²) in [6, 6.07) is 0.744. The maximum Gasteiger partial charge on any atom is 0.138 e. The maximum absolute atomic E-state index is 10.6. The van der Waals surface area contributed by atoms with Crippen molar-refractivity contribution in [2.24, 2.45) is 0 Å². The van der Waals surface area contributed by atoms with Crippen molar-refractivity contribution in [1.82, 2.24) is 19.7 Å². The predicted molar refractivity (Wildman–Crippen MR) is 63.6 cm³/mol. The van der Waals surface area contributed by atoms with Gasteiger partial charge in [-0.2, -0.15) is 5.10 Å². The van der Waals surface area contributed by atoms with Crippen molar-refractivity contribution in [1.29, 1.82) is 0 Å². The Kier molecular flexibility index (Phi) is 2.67. The Morgan fingerprint density at radius 3 is 3.06 bits per heavy atom. The SMILES string of the molecule is CCn1ncnc1CC1(O)CCN(C2CC2)C1. The summed E-state index contributed by atoms with van der Waals surface area (Å²) in [6.07, 6.45) is 5.68. The van der Waals surface area contributed by atoms with Crippen molar-refractivity contribution in [2.75, 3.05) is 13.1 Å². The van der Waals surface area contributed by atoms with Gasteiger partial charge >= 0.3 is 0 Å². The molecule has 1 aliphatic heterocycles. The first-order chi connectivity index (χ1) is 8.20. The topological polar surface area (TPSA) is 54.2 Å². The fraction of sp³-hybridized carbons (Fsp3) is 0.833. The first kappa shape index (κ1) is 11.2. The van der Waals surface area contributed by atoms with Gasteiger partial charge < -0.3 is 5.11 Å². The van der Waals surface area contributed by atoms with Crippen LogP contribution in [0, 0.1) is 0 Å². The summed E-state index contributed by atoms with van der Waals surface area (Å²) in [4.78, 5) is 6.68. The standard InChI is InChI=1S/C12H20N4O/c1-2-16-11(13-9-14-16)7-12(17)5-6-15(8-12)10-3-4-10/h9-10,17H,2-8H2,1H3. The monoisotopic (exact) mass is 236 g/mol. The normalized spacial score (nSPS) is 30.0. The lowest BCUT2D eigenvalue weighted by Gasteiger charge is -2.23. The van der Waals surface area contributed by atoms with Crippen LogP contribution in [0.3, 0.4) is 0 Å². The second-order valence-electron chi connectivity index (χ2n) is 5.34. The molecular weight excluding hydrogens is 216 g/mol. The highest BCUT2D eigenvalue weighted by Gasteiger charge is 2.42. The summed E-state index contributed by atoms with van der Waals surface area (Å²) in [5.41, 5.74) is -0.595. The van der Waals surface area contributed by atoms with Crippen LogP contribution in [0.5, 0.6) is 0 Å². The van der Waals surface area contributed by atoms with Gasteiger partial charge in [-0.3, -0.25) is 9.58 Å². The quantitative estimate of drug-likeness (QED) is 0.824. The molecule has 1 saturated carbocycles. The van der Waals surface area contributed by atoms with Gasteiger partial charge in [-0.1, -0.05) is 0 Å². The third kappa shape index (κ3) is 2.21. The number of hydrogen-bond donors (Lipinski definition) is 1. The molecule has 17 heavy (non-hydrogen) atoms. The number of β-amino-alcohol motifs (C(OH)–C–C–N with tert-alkyl or cyclic N) is 1. The van der Waals surface area contributed by atoms with Gasteiger partial charge in [0.2, 0.25) is 0 Å². The Morgan fingerprint density at radius 2 is 2.35 bits per heavy atom. The average Bonchev–Trinajstić information content (AvgIpc) is 2.96. The summed E-state index contributed by atoms with van der Waals surface area (Å²) in [7, 11) is 0. The van der Waals surface area contributed by atoms with E-state index < -0.39 is 5.60 Å². The van der Waals surface area contributed by atoms with E-state index in [2.05, 4.69) is 15.0 Å². The summed E-state index contributed by atoms with van der Waals surface area (Å²) in [5, 5.41) is 14.8. The van der Waals surface area contributed by atoms with Crippen molar-refractivity contribution in [3.8, 4) is 0 Å². The molecule has 1 aromatic rings. The van der Waals surface area contributed by atoms with Crippen LogP contribution in [-0.2, 0) is 13.0 Å². The molecule has 0 radical (unpaired) electrons. The van der Waals surface area contributed by atoms with Crippen LogP contribution in [0.4, 0.5) is 0 Å². The molecule has 2 aliphatic rings. The molecule has 1 atom stereocenters. The zero-order chi connectivity index (χ0) is 11.9. The summed E-state index contributed by atoms with van der Waals surface area (Å²) >= 11 is 0. The molecule has 1 saturated heterocycles. The van der Waals surface area contributed by atoms with Crippen LogP contribution in [-0.4, -0.2) is 49.5 Å². The number of likely N-dealkylation sites (tertiary alicyclic amines) is 1. The number of aromatic nitrogens is 3. The summed E-state index contributed by atoms with van der Waals surface area (Å²) in [5.74, 6) is 0.910. The molecule has 2 fully saturated rings. The third-order valence-corrected chi connectivity index (χ3v) is 3.91. The van der Waals surface area contributed by atoms with Crippen LogP contribution in [0.15, 0.2) is 6.33 Å². The molecule has 0 spiro atoms. The van der Waals surface area contributed by atoms with Crippen molar-refractivity contribution in [2.45, 2.75) is 50.8 Å². The molecule has 1 aromatic heterocycles. The van der Waals surface area contributed by atoms with Gasteiger partial charge in [-0.15, -0.1) is 0 Å². The molecule has 5 nitrogen and oxygen atoms in total. The second-order valence-corrected chi connectivity index (χ2v) is 5.34. The second kappa shape index (κ2) is 4.07. The van der Waals surface area contributed by atoms with Gasteiger partial charge in [0, 0.05) is 32.1 Å². The Morgan fingerprint density at radius 1 is 1.53 bits per heavy atom. The number of rotatable bonds is 4. The van der Waals surface area contributed by atoms with Crippen LogP contribution in [0.1, 0.15) is 32.0 Å². The van der Waals surface area contributed by atoms with Gasteiger partial charge in [0.1, 0.15) is 12.2 Å². The molecular formula is C12H20N4O. The highest BCUT2D eigenvalue weighted by molar-refractivity contribution is 5.02. The summed E-state index contributed by atoms with van der Waals surface area (Å²) < 4.78 is 1.87. The van der Waals surface area contributed by atoms with Crippen LogP contribution >= 0.6 is 0 Å². The molecule has 0 aromatic carbocycles. The minimum atomic E-state index is -0.595. The van der Waals surface area contributed by atoms with Crippen molar-refractivity contribution < 1.29 is 5.11 Å². The Hall–Kier alpha value is -0.940. The largest absolute Gasteiger partial charge is 0.388 e. The number of hydrogen-bond acceptors (Lipinski definition) is 4. The fourth-order valence-corrected chi connectivity index (χ4v) is 2.77. The fourth-order valence-electron chi connectivity index (χ4n) is 2.77. The highest BCUT2D eigenvalue weighted by atomic mass is 16.3. The van der Waals surface area contributed by atoms with E-state index in [-0.39, 0.29) is 0 Å². The van der Waals surface area contributed by atoms with E-state index in [9.17, 15) is 5.11 Å². The smallest absolute Gasteiger partial charge is 0.138 e. The van der Waals surface area contributed by atoms with E-state index in [1.54, 1.807) is 6.33 Å². The van der Waals surface area contributed by atoms with E-state index in [0.717, 1.165) is 37.9 Å². The van der Waals surface area contributed by atoms with Gasteiger partial charge in [0.25, 0.3) is 0 Å². The van der Waals surface area contributed by atoms with E-state index in [4.69, 9.17) is 0 Å². The minimum absolute atomic E-state index is 0.595. The van der Waals surface area contributed by atoms with E-state index in [1.165, 1.54) is 12.8 Å². The number of aliphatic hydroxyl groups is 1. The maximum atomic E-state index is 10.6. The molecule has 5 heteroatoms. The van der Waals surface area contributed by atoms with Crippen molar-refractivity contribution >= 4 is 0 Å². The number of aryl methyl sites for hydroxylation is 1. The lowest BCUT2D eigenvalue weighted by molar-refractivity contribution is 0.0457. The molecule has 1 N–H and O–H groups in total. The van der Waals surface area contributed by atoms with Crippen molar-refractivity contribution in [3.63, 3.8) is 0 Å². The minimum Gasteiger partial charge on any atom is -0.388 e. The highest BCUT2D eigenvalue weighted by Crippen LogP contribution is 2.34. The van der Waals surface area contributed by atoms with Crippen LogP contribution < -0.4 is 0 Å². The molecule has 94 valence electrons. The predicted octanol–water partition coefficient (Wildman–Crippen LogP) is 0.440. The third-order valence-electron chi connectivity index (χ3n) is 3.91. The van der Waals surface area contributed by atoms with E-state index in [0.29, 0.717) is 6.42 Å².